The SMILES string of the molecule is Cc1cc(=O)[nH]c(NCCNC(=O)NCc2noc(C(C)C)n2)n1. The minimum absolute atomic E-state index is 0.146. The molecule has 24 heavy (non-hydrogen) atoms. The molecule has 130 valence electrons. The molecule has 2 aromatic heterocycles. The number of urea groups is 1. The molecule has 0 atom stereocenters. The van der Waals surface area contributed by atoms with Crippen molar-refractivity contribution in [1.29, 1.82) is 0 Å². The van der Waals surface area contributed by atoms with Gasteiger partial charge in [-0.1, -0.05) is 19.0 Å². The van der Waals surface area contributed by atoms with Gasteiger partial charge in [-0.2, -0.15) is 4.98 Å². The maximum atomic E-state index is 11.7. The molecule has 0 aliphatic heterocycles. The number of rotatable bonds is 7. The third-order valence-corrected chi connectivity index (χ3v) is 2.96. The van der Waals surface area contributed by atoms with Crippen LogP contribution < -0.4 is 21.5 Å². The number of anilines is 1. The highest BCUT2D eigenvalue weighted by molar-refractivity contribution is 5.73. The van der Waals surface area contributed by atoms with Crippen LogP contribution in [0.4, 0.5) is 10.7 Å². The molecule has 4 N–H and O–H groups in total. The Hall–Kier alpha value is -2.91. The Morgan fingerprint density at radius 2 is 2.08 bits per heavy atom. The van der Waals surface area contributed by atoms with Gasteiger partial charge in [-0.25, -0.2) is 9.78 Å². The van der Waals surface area contributed by atoms with E-state index >= 15 is 0 Å². The number of H-pyrrole nitrogens is 1. The van der Waals surface area contributed by atoms with E-state index in [-0.39, 0.29) is 24.1 Å². The number of nitrogens with one attached hydrogen (secondary N) is 4. The molecule has 0 saturated heterocycles. The topological polar surface area (TPSA) is 138 Å². The Labute approximate surface area is 138 Å². The highest BCUT2D eigenvalue weighted by atomic mass is 16.5. The second kappa shape index (κ2) is 8.09. The van der Waals surface area contributed by atoms with Gasteiger partial charge in [0.05, 0.1) is 6.54 Å². The van der Waals surface area contributed by atoms with Crippen LogP contribution in [0.1, 0.15) is 37.2 Å². The maximum absolute atomic E-state index is 11.7. The van der Waals surface area contributed by atoms with Gasteiger partial charge in [0.15, 0.2) is 5.82 Å². The largest absolute Gasteiger partial charge is 0.354 e. The molecule has 0 spiro atoms. The predicted molar refractivity (Wildman–Crippen MR) is 86.7 cm³/mol. The molecule has 2 heterocycles. The highest BCUT2D eigenvalue weighted by Gasteiger charge is 2.10. The molecule has 0 aliphatic carbocycles. The van der Waals surface area contributed by atoms with E-state index in [9.17, 15) is 9.59 Å². The summed E-state index contributed by atoms with van der Waals surface area (Å²) in [6, 6.07) is 1.05. The Morgan fingerprint density at radius 3 is 2.75 bits per heavy atom. The van der Waals surface area contributed by atoms with Gasteiger partial charge in [-0.05, 0) is 6.92 Å². The molecule has 2 amide bonds. The minimum atomic E-state index is -0.349. The molecule has 0 unspecified atom stereocenters. The summed E-state index contributed by atoms with van der Waals surface area (Å²) < 4.78 is 5.05. The molecule has 2 rings (SSSR count). The van der Waals surface area contributed by atoms with Crippen LogP contribution in [-0.2, 0) is 6.54 Å². The zero-order chi connectivity index (χ0) is 17.5. The van der Waals surface area contributed by atoms with Crippen molar-refractivity contribution in [3.63, 3.8) is 0 Å². The molecule has 0 fully saturated rings. The molecular weight excluding hydrogens is 314 g/mol. The van der Waals surface area contributed by atoms with E-state index in [0.29, 0.717) is 36.4 Å². The van der Waals surface area contributed by atoms with Gasteiger partial charge in [0.2, 0.25) is 11.8 Å². The van der Waals surface area contributed by atoms with Crippen LogP contribution >= 0.6 is 0 Å². The van der Waals surface area contributed by atoms with E-state index in [1.54, 1.807) is 6.92 Å². The van der Waals surface area contributed by atoms with Crippen molar-refractivity contribution in [2.45, 2.75) is 33.2 Å². The number of aromatic amines is 1. The van der Waals surface area contributed by atoms with Crippen molar-refractivity contribution >= 4 is 12.0 Å². The van der Waals surface area contributed by atoms with Crippen LogP contribution in [0.5, 0.6) is 0 Å². The first-order valence-corrected chi connectivity index (χ1v) is 7.60. The quantitative estimate of drug-likeness (QED) is 0.540. The fraction of sp³-hybridized carbons (Fsp3) is 0.500. The van der Waals surface area contributed by atoms with Crippen molar-refractivity contribution in [2.24, 2.45) is 0 Å². The molecule has 2 aromatic rings. The second-order valence-electron chi connectivity index (χ2n) is 5.48. The van der Waals surface area contributed by atoms with Gasteiger partial charge >= 0.3 is 6.03 Å². The number of hydrogen-bond acceptors (Lipinski definition) is 7. The first kappa shape index (κ1) is 17.4. The fourth-order valence-corrected chi connectivity index (χ4v) is 1.82. The van der Waals surface area contributed by atoms with Crippen LogP contribution in [0.2, 0.25) is 0 Å². The first-order chi connectivity index (χ1) is 11.4. The van der Waals surface area contributed by atoms with E-state index in [1.807, 2.05) is 13.8 Å². The van der Waals surface area contributed by atoms with Crippen LogP contribution in [0.25, 0.3) is 0 Å². The number of aryl methyl sites for hydroxylation is 1. The zero-order valence-electron chi connectivity index (χ0n) is 13.8. The number of amides is 2. The van der Waals surface area contributed by atoms with Crippen molar-refractivity contribution in [3.05, 3.63) is 33.8 Å². The Kier molecular flexibility index (Phi) is 5.88. The minimum Gasteiger partial charge on any atom is -0.354 e. The average Bonchev–Trinajstić information content (AvgIpc) is 2.98. The van der Waals surface area contributed by atoms with Crippen LogP contribution in [0.15, 0.2) is 15.4 Å². The van der Waals surface area contributed by atoms with Crippen LogP contribution in [-0.4, -0.2) is 39.2 Å². The number of hydrogen-bond donors (Lipinski definition) is 4. The van der Waals surface area contributed by atoms with Gasteiger partial charge in [0.25, 0.3) is 5.56 Å². The number of aromatic nitrogens is 4. The summed E-state index contributed by atoms with van der Waals surface area (Å²) in [5, 5.41) is 12.0. The summed E-state index contributed by atoms with van der Waals surface area (Å²) in [6.07, 6.45) is 0. The van der Waals surface area contributed by atoms with Gasteiger partial charge in [0, 0.05) is 30.8 Å². The summed E-state index contributed by atoms with van der Waals surface area (Å²) in [6.45, 7) is 6.57. The Bertz CT molecular complexity index is 738. The van der Waals surface area contributed by atoms with E-state index in [2.05, 4.69) is 36.1 Å². The molecule has 10 nitrogen and oxygen atoms in total. The lowest BCUT2D eigenvalue weighted by Gasteiger charge is -2.08. The van der Waals surface area contributed by atoms with Gasteiger partial charge in [-0.3, -0.25) is 9.78 Å². The fourth-order valence-electron chi connectivity index (χ4n) is 1.82. The van der Waals surface area contributed by atoms with Crippen molar-refractivity contribution in [2.75, 3.05) is 18.4 Å². The van der Waals surface area contributed by atoms with Crippen molar-refractivity contribution in [3.8, 4) is 0 Å². The van der Waals surface area contributed by atoms with Crippen LogP contribution in [0.3, 0.4) is 0 Å². The number of carbonyl (C=O) groups is 1. The van der Waals surface area contributed by atoms with Crippen molar-refractivity contribution in [1.82, 2.24) is 30.7 Å². The summed E-state index contributed by atoms with van der Waals surface area (Å²) in [5.41, 5.74) is 0.393. The van der Waals surface area contributed by atoms with E-state index in [4.69, 9.17) is 4.52 Å². The monoisotopic (exact) mass is 335 g/mol. The summed E-state index contributed by atoms with van der Waals surface area (Å²) in [4.78, 5) is 33.8. The summed E-state index contributed by atoms with van der Waals surface area (Å²) in [5.74, 6) is 1.48. The Morgan fingerprint density at radius 1 is 1.29 bits per heavy atom. The normalized spacial score (nSPS) is 10.7. The number of nitrogens with zero attached hydrogens (tertiary/aromatic N) is 3. The lowest BCUT2D eigenvalue weighted by Crippen LogP contribution is -2.38. The molecule has 0 radical (unpaired) electrons. The summed E-state index contributed by atoms with van der Waals surface area (Å²) >= 11 is 0. The Balaban J connectivity index is 1.66. The standard InChI is InChI=1S/C14H21N7O3/c1-8(2)12-19-10(21-24-12)7-17-14(23)16-5-4-15-13-18-9(3)6-11(22)20-13/h6,8H,4-5,7H2,1-3H3,(H2,16,17,23)(H2,15,18,20,22). The third-order valence-electron chi connectivity index (χ3n) is 2.96. The molecule has 0 saturated carbocycles. The van der Waals surface area contributed by atoms with Gasteiger partial charge in [0.1, 0.15) is 0 Å². The molecule has 0 bridgehead atoms. The third kappa shape index (κ3) is 5.38. The average molecular weight is 335 g/mol. The maximum Gasteiger partial charge on any atom is 0.315 e. The van der Waals surface area contributed by atoms with E-state index in [1.165, 1.54) is 6.07 Å². The molecule has 0 aliphatic rings. The zero-order valence-corrected chi connectivity index (χ0v) is 13.8. The van der Waals surface area contributed by atoms with Crippen molar-refractivity contribution < 1.29 is 9.32 Å². The molecule has 10 heteroatoms. The van der Waals surface area contributed by atoms with E-state index < -0.39 is 0 Å². The van der Waals surface area contributed by atoms with Crippen LogP contribution in [0, 0.1) is 6.92 Å². The molecule has 0 aromatic carbocycles. The number of carbonyl (C=O) groups excluding carboxylic acids is 1. The highest BCUT2D eigenvalue weighted by Crippen LogP contribution is 2.10. The van der Waals surface area contributed by atoms with Gasteiger partial charge < -0.3 is 20.5 Å². The first-order valence-electron chi connectivity index (χ1n) is 7.60. The van der Waals surface area contributed by atoms with Gasteiger partial charge in [-0.15, -0.1) is 0 Å². The second-order valence-corrected chi connectivity index (χ2v) is 5.48. The smallest absolute Gasteiger partial charge is 0.315 e. The van der Waals surface area contributed by atoms with E-state index in [0.717, 1.165) is 0 Å². The molecular formula is C14H21N7O3. The lowest BCUT2D eigenvalue weighted by molar-refractivity contribution is 0.240. The summed E-state index contributed by atoms with van der Waals surface area (Å²) in [7, 11) is 0. The predicted octanol–water partition coefficient (Wildman–Crippen LogP) is 0.496. The lowest BCUT2D eigenvalue weighted by atomic mass is 10.2.